The third-order valence-corrected chi connectivity index (χ3v) is 2.40. The molecule has 3 N–H and O–H groups in total. The number of nitrogens with zero attached hydrogens (tertiary/aromatic N) is 1. The molecule has 1 amide bonds. The molecular formula is C12H13N3O2. The van der Waals surface area contributed by atoms with Gasteiger partial charge in [-0.15, -0.1) is 0 Å². The first-order valence-electron chi connectivity index (χ1n) is 5.31. The van der Waals surface area contributed by atoms with Gasteiger partial charge < -0.3 is 15.6 Å². The Morgan fingerprint density at radius 3 is 2.65 bits per heavy atom. The highest BCUT2D eigenvalue weighted by molar-refractivity contribution is 5.90. The van der Waals surface area contributed by atoms with E-state index >= 15 is 0 Å². The molecule has 2 rings (SSSR count). The second-order valence-electron chi connectivity index (χ2n) is 3.58. The number of rotatable bonds is 3. The van der Waals surface area contributed by atoms with E-state index in [0.717, 1.165) is 16.8 Å². The summed E-state index contributed by atoms with van der Waals surface area (Å²) in [5, 5.41) is 6.38. The lowest BCUT2D eigenvalue weighted by molar-refractivity contribution is -0.115. The van der Waals surface area contributed by atoms with Crippen LogP contribution >= 0.6 is 0 Å². The molecule has 0 aliphatic carbocycles. The minimum Gasteiger partial charge on any atom is -0.367 e. The van der Waals surface area contributed by atoms with E-state index in [1.807, 2.05) is 31.2 Å². The van der Waals surface area contributed by atoms with Crippen LogP contribution in [0.3, 0.4) is 0 Å². The van der Waals surface area contributed by atoms with E-state index in [2.05, 4.69) is 10.5 Å². The maximum atomic E-state index is 11.2. The zero-order valence-corrected chi connectivity index (χ0v) is 9.43. The van der Waals surface area contributed by atoms with Crippen LogP contribution in [0.25, 0.3) is 11.1 Å². The quantitative estimate of drug-likeness (QED) is 0.849. The van der Waals surface area contributed by atoms with E-state index in [0.29, 0.717) is 6.42 Å². The maximum absolute atomic E-state index is 11.2. The Hall–Kier alpha value is -2.30. The lowest BCUT2D eigenvalue weighted by atomic mass is 10.1. The van der Waals surface area contributed by atoms with Crippen molar-refractivity contribution >= 4 is 17.5 Å². The predicted molar refractivity (Wildman–Crippen MR) is 65.3 cm³/mol. The van der Waals surface area contributed by atoms with Crippen molar-refractivity contribution in [2.45, 2.75) is 13.3 Å². The smallest absolute Gasteiger partial charge is 0.229 e. The van der Waals surface area contributed by atoms with Gasteiger partial charge in [0.05, 0.1) is 11.8 Å². The van der Waals surface area contributed by atoms with Crippen LogP contribution in [0.2, 0.25) is 0 Å². The molecule has 2 aromatic rings. The molecule has 0 spiro atoms. The number of nitrogen functional groups attached to an aromatic ring is 1. The summed E-state index contributed by atoms with van der Waals surface area (Å²) in [4.78, 5) is 11.2. The summed E-state index contributed by atoms with van der Waals surface area (Å²) in [5.74, 6) is 0.276. The highest BCUT2D eigenvalue weighted by Crippen LogP contribution is 2.26. The molecule has 1 aromatic carbocycles. The molecule has 0 saturated carbocycles. The van der Waals surface area contributed by atoms with Crippen LogP contribution in [-0.4, -0.2) is 11.1 Å². The van der Waals surface area contributed by atoms with Crippen molar-refractivity contribution in [1.29, 1.82) is 0 Å². The van der Waals surface area contributed by atoms with Gasteiger partial charge >= 0.3 is 0 Å². The molecule has 0 atom stereocenters. The van der Waals surface area contributed by atoms with Crippen LogP contribution < -0.4 is 11.1 Å². The van der Waals surface area contributed by atoms with Crippen molar-refractivity contribution in [2.24, 2.45) is 0 Å². The van der Waals surface area contributed by atoms with Crippen molar-refractivity contribution in [3.8, 4) is 11.1 Å². The first-order chi connectivity index (χ1) is 8.20. The third-order valence-electron chi connectivity index (χ3n) is 2.40. The Bertz CT molecular complexity index is 517. The predicted octanol–water partition coefficient (Wildman–Crippen LogP) is 2.27. The van der Waals surface area contributed by atoms with Crippen LogP contribution in [0, 0.1) is 0 Å². The van der Waals surface area contributed by atoms with Gasteiger partial charge in [0.15, 0.2) is 0 Å². The van der Waals surface area contributed by atoms with Gasteiger partial charge in [0.2, 0.25) is 11.8 Å². The third kappa shape index (κ3) is 2.44. The molecule has 1 aromatic heterocycles. The van der Waals surface area contributed by atoms with Crippen LogP contribution in [-0.2, 0) is 4.79 Å². The topological polar surface area (TPSA) is 81.2 Å². The van der Waals surface area contributed by atoms with E-state index in [9.17, 15) is 4.79 Å². The van der Waals surface area contributed by atoms with Crippen molar-refractivity contribution in [1.82, 2.24) is 5.16 Å². The SMILES string of the molecule is CCC(=O)Nc1ccc(-c2cnoc2N)cc1. The fourth-order valence-corrected chi connectivity index (χ4v) is 1.45. The van der Waals surface area contributed by atoms with E-state index < -0.39 is 0 Å². The van der Waals surface area contributed by atoms with Gasteiger partial charge in [0.1, 0.15) is 0 Å². The molecule has 17 heavy (non-hydrogen) atoms. The number of nitrogens with one attached hydrogen (secondary N) is 1. The molecule has 88 valence electrons. The second kappa shape index (κ2) is 4.69. The molecule has 0 unspecified atom stereocenters. The molecule has 0 radical (unpaired) electrons. The second-order valence-corrected chi connectivity index (χ2v) is 3.58. The molecule has 1 heterocycles. The number of anilines is 2. The van der Waals surface area contributed by atoms with E-state index in [4.69, 9.17) is 10.3 Å². The molecule has 0 aliphatic rings. The van der Waals surface area contributed by atoms with Gasteiger partial charge in [0.25, 0.3) is 0 Å². The van der Waals surface area contributed by atoms with E-state index in [-0.39, 0.29) is 11.8 Å². The van der Waals surface area contributed by atoms with Gasteiger partial charge in [-0.2, -0.15) is 0 Å². The van der Waals surface area contributed by atoms with Crippen molar-refractivity contribution in [3.05, 3.63) is 30.5 Å². The Labute approximate surface area is 98.6 Å². The summed E-state index contributed by atoms with van der Waals surface area (Å²) < 4.78 is 4.79. The molecule has 5 nitrogen and oxygen atoms in total. The molecule has 5 heteroatoms. The van der Waals surface area contributed by atoms with Crippen molar-refractivity contribution < 1.29 is 9.32 Å². The van der Waals surface area contributed by atoms with Gasteiger partial charge in [-0.3, -0.25) is 4.79 Å². The van der Waals surface area contributed by atoms with Crippen LogP contribution in [0.4, 0.5) is 11.6 Å². The van der Waals surface area contributed by atoms with Crippen LogP contribution in [0.1, 0.15) is 13.3 Å². The summed E-state index contributed by atoms with van der Waals surface area (Å²) in [7, 11) is 0. The monoisotopic (exact) mass is 231 g/mol. The summed E-state index contributed by atoms with van der Waals surface area (Å²) in [5.41, 5.74) is 8.02. The zero-order chi connectivity index (χ0) is 12.3. The Morgan fingerprint density at radius 2 is 2.12 bits per heavy atom. The Balaban J connectivity index is 2.19. The number of hydrogen-bond acceptors (Lipinski definition) is 4. The number of hydrogen-bond donors (Lipinski definition) is 2. The summed E-state index contributed by atoms with van der Waals surface area (Å²) in [6.07, 6.45) is 2.02. The summed E-state index contributed by atoms with van der Waals surface area (Å²) in [6, 6.07) is 7.34. The highest BCUT2D eigenvalue weighted by atomic mass is 16.5. The highest BCUT2D eigenvalue weighted by Gasteiger charge is 2.06. The van der Waals surface area contributed by atoms with Gasteiger partial charge in [-0.05, 0) is 17.7 Å². The number of aromatic nitrogens is 1. The molecule has 0 aliphatic heterocycles. The van der Waals surface area contributed by atoms with Gasteiger partial charge in [0, 0.05) is 12.1 Å². The average Bonchev–Trinajstić information content (AvgIpc) is 2.76. The fraction of sp³-hybridized carbons (Fsp3) is 0.167. The fourth-order valence-electron chi connectivity index (χ4n) is 1.45. The van der Waals surface area contributed by atoms with Gasteiger partial charge in [-0.25, -0.2) is 0 Å². The lowest BCUT2D eigenvalue weighted by Crippen LogP contribution is -2.08. The maximum Gasteiger partial charge on any atom is 0.229 e. The molecular weight excluding hydrogens is 218 g/mol. The minimum absolute atomic E-state index is 0.0118. The molecule has 0 bridgehead atoms. The van der Waals surface area contributed by atoms with E-state index in [1.165, 1.54) is 0 Å². The number of carbonyl (C=O) groups is 1. The first kappa shape index (κ1) is 11.2. The number of nitrogens with two attached hydrogens (primary N) is 1. The average molecular weight is 231 g/mol. The van der Waals surface area contributed by atoms with Gasteiger partial charge in [-0.1, -0.05) is 24.2 Å². The molecule has 0 fully saturated rings. The van der Waals surface area contributed by atoms with Crippen molar-refractivity contribution in [2.75, 3.05) is 11.1 Å². The number of amides is 1. The lowest BCUT2D eigenvalue weighted by Gasteiger charge is -2.04. The zero-order valence-electron chi connectivity index (χ0n) is 9.43. The van der Waals surface area contributed by atoms with Crippen LogP contribution in [0.5, 0.6) is 0 Å². The molecule has 0 saturated heterocycles. The Kier molecular flexibility index (Phi) is 3.09. The number of carbonyl (C=O) groups excluding carboxylic acids is 1. The number of benzene rings is 1. The van der Waals surface area contributed by atoms with Crippen molar-refractivity contribution in [3.63, 3.8) is 0 Å². The Morgan fingerprint density at radius 1 is 1.41 bits per heavy atom. The van der Waals surface area contributed by atoms with Crippen LogP contribution in [0.15, 0.2) is 35.0 Å². The minimum atomic E-state index is -0.0118. The van der Waals surface area contributed by atoms with E-state index in [1.54, 1.807) is 6.20 Å². The summed E-state index contributed by atoms with van der Waals surface area (Å²) in [6.45, 7) is 1.81. The first-order valence-corrected chi connectivity index (χ1v) is 5.31. The standard InChI is InChI=1S/C12H13N3O2/c1-2-11(16)15-9-5-3-8(4-6-9)10-7-14-17-12(10)13/h3-7H,2,13H2,1H3,(H,15,16). The normalized spacial score (nSPS) is 10.2. The largest absolute Gasteiger partial charge is 0.367 e. The summed E-state index contributed by atoms with van der Waals surface area (Å²) >= 11 is 0.